The summed E-state index contributed by atoms with van der Waals surface area (Å²) in [4.78, 5) is 20.5. The second-order valence-corrected chi connectivity index (χ2v) is 2.98. The maximum Gasteiger partial charge on any atom is 0.314 e. The largest absolute Gasteiger partial charge is 0.502 e. The molecule has 0 aromatic heterocycles. The summed E-state index contributed by atoms with van der Waals surface area (Å²) in [6.45, 7) is 2.94. The maximum absolute atomic E-state index is 10.6. The molecule has 0 unspecified atom stereocenters. The number of carbonyl (C=O) groups excluding carboxylic acids is 1. The van der Waals surface area contributed by atoms with Crippen molar-refractivity contribution in [2.24, 2.45) is 0 Å². The van der Waals surface area contributed by atoms with Gasteiger partial charge in [-0.15, -0.1) is 0 Å². The molecule has 0 aliphatic rings. The number of aryl methyl sites for hydroxylation is 1. The molecule has 1 aromatic rings. The minimum atomic E-state index is -0.690. The van der Waals surface area contributed by atoms with Crippen LogP contribution in [0.2, 0.25) is 0 Å². The molecule has 0 saturated heterocycles. The summed E-state index contributed by atoms with van der Waals surface area (Å²) in [6, 6.07) is 1.42. The van der Waals surface area contributed by atoms with Crippen LogP contribution in [0.25, 0.3) is 0 Å². The first-order valence-corrected chi connectivity index (χ1v) is 3.91. The fraction of sp³-hybridized carbons (Fsp3) is 0.222. The van der Waals surface area contributed by atoms with Crippen molar-refractivity contribution in [2.75, 3.05) is 0 Å². The van der Waals surface area contributed by atoms with Crippen molar-refractivity contribution < 1.29 is 14.8 Å². The molecule has 0 atom stereocenters. The van der Waals surface area contributed by atoms with Crippen LogP contribution in [-0.4, -0.2) is 16.3 Å². The van der Waals surface area contributed by atoms with E-state index < -0.39 is 10.6 Å². The molecule has 5 heteroatoms. The van der Waals surface area contributed by atoms with E-state index in [2.05, 4.69) is 0 Å². The summed E-state index contributed by atoms with van der Waals surface area (Å²) in [6.07, 6.45) is 0.536. The van der Waals surface area contributed by atoms with E-state index in [9.17, 15) is 20.0 Å². The Labute approximate surface area is 80.1 Å². The fourth-order valence-electron chi connectivity index (χ4n) is 1.26. The monoisotopic (exact) mass is 195 g/mol. The summed E-state index contributed by atoms with van der Waals surface area (Å²) in [5.74, 6) is -0.377. The molecule has 0 spiro atoms. The van der Waals surface area contributed by atoms with Crippen LogP contribution in [-0.2, 0) is 0 Å². The SMILES string of the molecule is Cc1cc(C=O)c(C)c([N+](=O)[O-])c1O. The first-order valence-electron chi connectivity index (χ1n) is 3.91. The molecule has 0 fully saturated rings. The third-order valence-corrected chi connectivity index (χ3v) is 2.07. The van der Waals surface area contributed by atoms with Crippen LogP contribution in [0.15, 0.2) is 6.07 Å². The van der Waals surface area contributed by atoms with Crippen LogP contribution >= 0.6 is 0 Å². The Morgan fingerprint density at radius 1 is 1.50 bits per heavy atom. The first kappa shape index (κ1) is 10.2. The maximum atomic E-state index is 10.6. The number of nitro benzene ring substituents is 1. The minimum absolute atomic E-state index is 0.188. The van der Waals surface area contributed by atoms with E-state index >= 15 is 0 Å². The highest BCUT2D eigenvalue weighted by Gasteiger charge is 2.21. The quantitative estimate of drug-likeness (QED) is 0.442. The number of rotatable bonds is 2. The van der Waals surface area contributed by atoms with E-state index in [0.29, 0.717) is 11.8 Å². The molecule has 0 aliphatic heterocycles. The van der Waals surface area contributed by atoms with Crippen LogP contribution in [0.5, 0.6) is 5.75 Å². The van der Waals surface area contributed by atoms with Gasteiger partial charge in [0.1, 0.15) is 0 Å². The second-order valence-electron chi connectivity index (χ2n) is 2.98. The lowest BCUT2D eigenvalue weighted by Crippen LogP contribution is -1.98. The van der Waals surface area contributed by atoms with Crippen LogP contribution in [0, 0.1) is 24.0 Å². The van der Waals surface area contributed by atoms with Gasteiger partial charge in [-0.25, -0.2) is 0 Å². The van der Waals surface area contributed by atoms with Gasteiger partial charge in [-0.1, -0.05) is 0 Å². The van der Waals surface area contributed by atoms with Crippen molar-refractivity contribution in [1.29, 1.82) is 0 Å². The number of hydrogen-bond donors (Lipinski definition) is 1. The molecule has 0 bridgehead atoms. The van der Waals surface area contributed by atoms with E-state index in [1.165, 1.54) is 19.9 Å². The van der Waals surface area contributed by atoms with Crippen LogP contribution in [0.4, 0.5) is 5.69 Å². The summed E-state index contributed by atoms with van der Waals surface area (Å²) >= 11 is 0. The molecule has 14 heavy (non-hydrogen) atoms. The topological polar surface area (TPSA) is 80.4 Å². The molecule has 0 saturated carbocycles. The summed E-state index contributed by atoms with van der Waals surface area (Å²) in [5.41, 5.74) is 0.344. The lowest BCUT2D eigenvalue weighted by molar-refractivity contribution is -0.386. The van der Waals surface area contributed by atoms with Gasteiger partial charge in [0.2, 0.25) is 0 Å². The lowest BCUT2D eigenvalue weighted by atomic mass is 10.0. The molecular formula is C9H9NO4. The van der Waals surface area contributed by atoms with Crippen molar-refractivity contribution >= 4 is 12.0 Å². The standard InChI is InChI=1S/C9H9NO4/c1-5-3-7(4-11)6(2)8(9(5)12)10(13)14/h3-4,12H,1-2H3. The van der Waals surface area contributed by atoms with Gasteiger partial charge in [0.25, 0.3) is 0 Å². The van der Waals surface area contributed by atoms with Gasteiger partial charge in [-0.05, 0) is 25.5 Å². The van der Waals surface area contributed by atoms with E-state index in [-0.39, 0.29) is 16.9 Å². The lowest BCUT2D eigenvalue weighted by Gasteiger charge is -2.05. The van der Waals surface area contributed by atoms with Crippen molar-refractivity contribution in [1.82, 2.24) is 0 Å². The Hall–Kier alpha value is -1.91. The summed E-state index contributed by atoms with van der Waals surface area (Å²) < 4.78 is 0. The van der Waals surface area contributed by atoms with Crippen molar-refractivity contribution in [3.63, 3.8) is 0 Å². The zero-order chi connectivity index (χ0) is 10.9. The molecule has 74 valence electrons. The number of aromatic hydroxyl groups is 1. The number of benzene rings is 1. The molecule has 0 heterocycles. The second kappa shape index (κ2) is 3.45. The van der Waals surface area contributed by atoms with Crippen molar-refractivity contribution in [2.45, 2.75) is 13.8 Å². The Morgan fingerprint density at radius 2 is 2.07 bits per heavy atom. The predicted molar refractivity (Wildman–Crippen MR) is 49.6 cm³/mol. The van der Waals surface area contributed by atoms with Crippen LogP contribution < -0.4 is 0 Å². The third-order valence-electron chi connectivity index (χ3n) is 2.07. The number of aldehydes is 1. The molecule has 0 radical (unpaired) electrons. The van der Waals surface area contributed by atoms with Gasteiger partial charge < -0.3 is 5.11 Å². The molecule has 1 rings (SSSR count). The molecule has 1 aromatic carbocycles. The highest BCUT2D eigenvalue weighted by atomic mass is 16.6. The van der Waals surface area contributed by atoms with E-state index in [0.717, 1.165) is 0 Å². The van der Waals surface area contributed by atoms with Gasteiger partial charge >= 0.3 is 5.69 Å². The molecule has 5 nitrogen and oxygen atoms in total. The average molecular weight is 195 g/mol. The number of carbonyl (C=O) groups is 1. The average Bonchev–Trinajstić information content (AvgIpc) is 2.11. The van der Waals surface area contributed by atoms with Crippen molar-refractivity contribution in [3.05, 3.63) is 32.9 Å². The van der Waals surface area contributed by atoms with E-state index in [4.69, 9.17) is 0 Å². The van der Waals surface area contributed by atoms with Crippen molar-refractivity contribution in [3.8, 4) is 5.75 Å². The Balaban J connectivity index is 3.61. The number of nitro groups is 1. The third kappa shape index (κ3) is 1.44. The number of hydrogen-bond acceptors (Lipinski definition) is 4. The van der Waals surface area contributed by atoms with Crippen LogP contribution in [0.1, 0.15) is 21.5 Å². The highest BCUT2D eigenvalue weighted by Crippen LogP contribution is 2.34. The fourth-order valence-corrected chi connectivity index (χ4v) is 1.26. The Kier molecular flexibility index (Phi) is 2.51. The van der Waals surface area contributed by atoms with Gasteiger partial charge in [-0.2, -0.15) is 0 Å². The Bertz CT molecular complexity index is 412. The van der Waals surface area contributed by atoms with E-state index in [1.807, 2.05) is 0 Å². The number of phenolic OH excluding ortho intramolecular Hbond substituents is 1. The summed E-state index contributed by atoms with van der Waals surface area (Å²) in [5, 5.41) is 20.0. The molecule has 0 amide bonds. The summed E-state index contributed by atoms with van der Waals surface area (Å²) in [7, 11) is 0. The number of phenols is 1. The normalized spacial score (nSPS) is 9.86. The molecule has 1 N–H and O–H groups in total. The zero-order valence-corrected chi connectivity index (χ0v) is 7.77. The Morgan fingerprint density at radius 3 is 2.50 bits per heavy atom. The van der Waals surface area contributed by atoms with Crippen LogP contribution in [0.3, 0.4) is 0 Å². The minimum Gasteiger partial charge on any atom is -0.502 e. The molecule has 0 aliphatic carbocycles. The predicted octanol–water partition coefficient (Wildman–Crippen LogP) is 1.73. The first-order chi connectivity index (χ1) is 6.49. The van der Waals surface area contributed by atoms with E-state index in [1.54, 1.807) is 0 Å². The zero-order valence-electron chi connectivity index (χ0n) is 7.77. The van der Waals surface area contributed by atoms with Gasteiger partial charge in [0.15, 0.2) is 12.0 Å². The molecular weight excluding hydrogens is 186 g/mol. The smallest absolute Gasteiger partial charge is 0.314 e. The van der Waals surface area contributed by atoms with Gasteiger partial charge in [0.05, 0.1) is 4.92 Å². The highest BCUT2D eigenvalue weighted by molar-refractivity contribution is 5.81. The number of nitrogens with zero attached hydrogens (tertiary/aromatic N) is 1. The van der Waals surface area contributed by atoms with Gasteiger partial charge in [0, 0.05) is 11.1 Å². The van der Waals surface area contributed by atoms with Gasteiger partial charge in [-0.3, -0.25) is 14.9 Å².